The maximum atomic E-state index is 12.0. The average Bonchev–Trinajstić information content (AvgIpc) is 2.82. The summed E-state index contributed by atoms with van der Waals surface area (Å²) in [6.07, 6.45) is 0. The average molecular weight is 349 g/mol. The van der Waals surface area contributed by atoms with Crippen LogP contribution in [0.25, 0.3) is 0 Å². The van der Waals surface area contributed by atoms with Crippen molar-refractivity contribution < 1.29 is 19.2 Å². The molecule has 0 bridgehead atoms. The number of benzene rings is 1. The van der Waals surface area contributed by atoms with Crippen molar-refractivity contribution in [2.45, 2.75) is 20.8 Å². The van der Waals surface area contributed by atoms with E-state index in [1.165, 1.54) is 0 Å². The molecule has 128 valence electrons. The fourth-order valence-electron chi connectivity index (χ4n) is 2.51. The van der Waals surface area contributed by atoms with Crippen molar-refractivity contribution in [2.75, 3.05) is 24.2 Å². The van der Waals surface area contributed by atoms with E-state index in [2.05, 4.69) is 10.6 Å². The van der Waals surface area contributed by atoms with Gasteiger partial charge in [0.15, 0.2) is 0 Å². The predicted molar refractivity (Wildman–Crippen MR) is 91.9 cm³/mol. The number of thioether (sulfide) groups is 1. The SMILES string of the molecule is Cc1cc(C)c(NC(=O)C(=O)NCCN2C(=O)CSC2=O)c(C)c1. The van der Waals surface area contributed by atoms with Crippen LogP contribution in [0.1, 0.15) is 16.7 Å². The van der Waals surface area contributed by atoms with E-state index in [-0.39, 0.29) is 30.0 Å². The van der Waals surface area contributed by atoms with E-state index in [0.717, 1.165) is 33.4 Å². The van der Waals surface area contributed by atoms with Crippen molar-refractivity contribution >= 4 is 40.4 Å². The van der Waals surface area contributed by atoms with Gasteiger partial charge in [-0.1, -0.05) is 29.5 Å². The number of imide groups is 1. The van der Waals surface area contributed by atoms with Gasteiger partial charge in [0.05, 0.1) is 5.75 Å². The highest BCUT2D eigenvalue weighted by molar-refractivity contribution is 8.14. The molecule has 0 radical (unpaired) electrons. The van der Waals surface area contributed by atoms with Crippen LogP contribution in [0.5, 0.6) is 0 Å². The molecule has 1 aliphatic heterocycles. The Morgan fingerprint density at radius 2 is 1.75 bits per heavy atom. The third-order valence-electron chi connectivity index (χ3n) is 3.58. The third-order valence-corrected chi connectivity index (χ3v) is 4.44. The van der Waals surface area contributed by atoms with E-state index >= 15 is 0 Å². The van der Waals surface area contributed by atoms with Gasteiger partial charge >= 0.3 is 11.8 Å². The Balaban J connectivity index is 1.88. The molecule has 0 spiro atoms. The molecule has 0 saturated carbocycles. The first-order valence-electron chi connectivity index (χ1n) is 7.43. The smallest absolute Gasteiger partial charge is 0.313 e. The summed E-state index contributed by atoms with van der Waals surface area (Å²) in [7, 11) is 0. The zero-order chi connectivity index (χ0) is 17.9. The first-order valence-corrected chi connectivity index (χ1v) is 8.42. The van der Waals surface area contributed by atoms with Gasteiger partial charge in [-0.15, -0.1) is 0 Å². The van der Waals surface area contributed by atoms with Gasteiger partial charge in [-0.2, -0.15) is 0 Å². The largest absolute Gasteiger partial charge is 0.346 e. The van der Waals surface area contributed by atoms with E-state index in [0.29, 0.717) is 5.69 Å². The molecule has 1 fully saturated rings. The number of nitrogens with zero attached hydrogens (tertiary/aromatic N) is 1. The number of aryl methyl sites for hydroxylation is 3. The third kappa shape index (κ3) is 4.14. The fraction of sp³-hybridized carbons (Fsp3) is 0.375. The molecule has 7 nitrogen and oxygen atoms in total. The van der Waals surface area contributed by atoms with Gasteiger partial charge in [-0.25, -0.2) is 0 Å². The van der Waals surface area contributed by atoms with Crippen LogP contribution in [0, 0.1) is 20.8 Å². The molecule has 1 saturated heterocycles. The number of amides is 4. The maximum absolute atomic E-state index is 12.0. The summed E-state index contributed by atoms with van der Waals surface area (Å²) < 4.78 is 0. The predicted octanol–water partition coefficient (Wildman–Crippen LogP) is 1.36. The first-order chi connectivity index (χ1) is 11.3. The van der Waals surface area contributed by atoms with Crippen LogP contribution in [0.3, 0.4) is 0 Å². The summed E-state index contributed by atoms with van der Waals surface area (Å²) in [5, 5.41) is 4.68. The lowest BCUT2D eigenvalue weighted by Gasteiger charge is -2.14. The Morgan fingerprint density at radius 1 is 1.12 bits per heavy atom. The molecule has 1 aromatic carbocycles. The highest BCUT2D eigenvalue weighted by atomic mass is 32.2. The molecule has 0 aliphatic carbocycles. The van der Waals surface area contributed by atoms with Crippen LogP contribution < -0.4 is 10.6 Å². The second kappa shape index (κ2) is 7.48. The first kappa shape index (κ1) is 18.0. The van der Waals surface area contributed by atoms with Crippen LogP contribution in [0.4, 0.5) is 10.5 Å². The Morgan fingerprint density at radius 3 is 2.29 bits per heavy atom. The van der Waals surface area contributed by atoms with E-state index in [1.54, 1.807) is 0 Å². The van der Waals surface area contributed by atoms with Gasteiger partial charge in [0.25, 0.3) is 5.24 Å². The quantitative estimate of drug-likeness (QED) is 0.800. The molecule has 1 heterocycles. The standard InChI is InChI=1S/C16H19N3O4S/c1-9-6-10(2)13(11(3)7-9)18-15(22)14(21)17-4-5-19-12(20)8-24-16(19)23/h6-7H,4-5,8H2,1-3H3,(H,17,21)(H,18,22). The summed E-state index contributed by atoms with van der Waals surface area (Å²) in [6.45, 7) is 5.77. The Hall–Kier alpha value is -2.35. The maximum Gasteiger partial charge on any atom is 0.313 e. The topological polar surface area (TPSA) is 95.6 Å². The Bertz CT molecular complexity index is 678. The summed E-state index contributed by atoms with van der Waals surface area (Å²) in [6, 6.07) is 3.84. The van der Waals surface area contributed by atoms with Crippen LogP contribution in [0.15, 0.2) is 12.1 Å². The van der Waals surface area contributed by atoms with Crippen LogP contribution in [-0.4, -0.2) is 46.7 Å². The molecule has 0 aromatic heterocycles. The number of rotatable bonds is 4. The summed E-state index contributed by atoms with van der Waals surface area (Å²) in [4.78, 5) is 47.8. The van der Waals surface area contributed by atoms with Gasteiger partial charge in [0.2, 0.25) is 5.91 Å². The van der Waals surface area contributed by atoms with E-state index < -0.39 is 11.8 Å². The minimum absolute atomic E-state index is 0.0379. The number of nitrogens with one attached hydrogen (secondary N) is 2. The van der Waals surface area contributed by atoms with Crippen molar-refractivity contribution in [1.29, 1.82) is 0 Å². The minimum atomic E-state index is -0.805. The minimum Gasteiger partial charge on any atom is -0.346 e. The molecular weight excluding hydrogens is 330 g/mol. The van der Waals surface area contributed by atoms with Crippen molar-refractivity contribution in [2.24, 2.45) is 0 Å². The van der Waals surface area contributed by atoms with E-state index in [9.17, 15) is 19.2 Å². The van der Waals surface area contributed by atoms with E-state index in [1.807, 2.05) is 32.9 Å². The van der Waals surface area contributed by atoms with Crippen LogP contribution in [0.2, 0.25) is 0 Å². The highest BCUT2D eigenvalue weighted by Crippen LogP contribution is 2.21. The normalized spacial score (nSPS) is 14.0. The van der Waals surface area contributed by atoms with Gasteiger partial charge in [-0.05, 0) is 31.9 Å². The van der Waals surface area contributed by atoms with Crippen molar-refractivity contribution in [1.82, 2.24) is 10.2 Å². The lowest BCUT2D eigenvalue weighted by molar-refractivity contribution is -0.136. The number of carbonyl (C=O) groups is 4. The van der Waals surface area contributed by atoms with Gasteiger partial charge < -0.3 is 10.6 Å². The second-order valence-corrected chi connectivity index (χ2v) is 6.51. The molecule has 8 heteroatoms. The Labute approximate surface area is 144 Å². The molecule has 2 rings (SSSR count). The number of carbonyl (C=O) groups excluding carboxylic acids is 4. The fourth-order valence-corrected chi connectivity index (χ4v) is 3.26. The van der Waals surface area contributed by atoms with E-state index in [4.69, 9.17) is 0 Å². The number of hydrogen-bond acceptors (Lipinski definition) is 5. The van der Waals surface area contributed by atoms with Crippen LogP contribution >= 0.6 is 11.8 Å². The zero-order valence-electron chi connectivity index (χ0n) is 13.8. The highest BCUT2D eigenvalue weighted by Gasteiger charge is 2.29. The zero-order valence-corrected chi connectivity index (χ0v) is 14.6. The molecule has 1 aliphatic rings. The molecule has 0 unspecified atom stereocenters. The number of hydrogen-bond donors (Lipinski definition) is 2. The number of anilines is 1. The summed E-state index contributed by atoms with van der Waals surface area (Å²) in [5.41, 5.74) is 3.44. The molecule has 24 heavy (non-hydrogen) atoms. The van der Waals surface area contributed by atoms with Gasteiger partial charge in [0, 0.05) is 18.8 Å². The molecule has 0 atom stereocenters. The van der Waals surface area contributed by atoms with Crippen molar-refractivity contribution in [3.05, 3.63) is 28.8 Å². The van der Waals surface area contributed by atoms with Crippen molar-refractivity contribution in [3.8, 4) is 0 Å². The summed E-state index contributed by atoms with van der Waals surface area (Å²) in [5.74, 6) is -1.74. The molecule has 4 amide bonds. The summed E-state index contributed by atoms with van der Waals surface area (Å²) >= 11 is 0.930. The molecular formula is C16H19N3O4S. The monoisotopic (exact) mass is 349 g/mol. The molecule has 1 aromatic rings. The lowest BCUT2D eigenvalue weighted by Crippen LogP contribution is -2.41. The van der Waals surface area contributed by atoms with Gasteiger partial charge in [0.1, 0.15) is 0 Å². The lowest BCUT2D eigenvalue weighted by atomic mass is 10.1. The second-order valence-electron chi connectivity index (χ2n) is 5.58. The van der Waals surface area contributed by atoms with Gasteiger partial charge in [-0.3, -0.25) is 24.1 Å². The Kier molecular flexibility index (Phi) is 5.61. The van der Waals surface area contributed by atoms with Crippen LogP contribution in [-0.2, 0) is 14.4 Å². The van der Waals surface area contributed by atoms with Crippen molar-refractivity contribution in [3.63, 3.8) is 0 Å². The molecule has 2 N–H and O–H groups in total.